The van der Waals surface area contributed by atoms with Crippen molar-refractivity contribution in [3.05, 3.63) is 109 Å². The number of allylic oxidation sites excluding steroid dienone is 18. The molecular weight excluding hydrogens is 829 g/mol. The van der Waals surface area contributed by atoms with E-state index in [-0.39, 0.29) is 37.5 Å². The number of esters is 3. The highest BCUT2D eigenvalue weighted by Gasteiger charge is 2.19. The minimum Gasteiger partial charge on any atom is -0.462 e. The highest BCUT2D eigenvalue weighted by Crippen LogP contribution is 2.13. The van der Waals surface area contributed by atoms with Crippen LogP contribution in [0.1, 0.15) is 239 Å². The van der Waals surface area contributed by atoms with Crippen molar-refractivity contribution in [1.82, 2.24) is 0 Å². The number of hydrogen-bond acceptors (Lipinski definition) is 6. The van der Waals surface area contributed by atoms with Crippen LogP contribution < -0.4 is 0 Å². The number of rotatable bonds is 48. The lowest BCUT2D eigenvalue weighted by Gasteiger charge is -2.18. The summed E-state index contributed by atoms with van der Waals surface area (Å²) < 4.78 is 16.8. The van der Waals surface area contributed by atoms with E-state index in [1.54, 1.807) is 0 Å². The fourth-order valence-corrected chi connectivity index (χ4v) is 7.12. The molecule has 0 saturated heterocycles. The molecule has 0 N–H and O–H groups in total. The SMILES string of the molecule is CC/C=C\C/C=C\C/C=C\C/C=C\C/C=C\CCCCCC(=O)OC[C@H](COC(=O)CCCCCCCCC/C=C\CCCCCC)OC(=O)CCCC/C=C\C/C=C\C/C=C\CCCCC. The maximum atomic E-state index is 12.8. The molecule has 6 nitrogen and oxygen atoms in total. The Bertz CT molecular complexity index is 1390. The van der Waals surface area contributed by atoms with Crippen molar-refractivity contribution in [3.8, 4) is 0 Å². The Kier molecular flexibility index (Phi) is 51.5. The molecule has 0 amide bonds. The molecule has 0 aromatic carbocycles. The third-order valence-electron chi connectivity index (χ3n) is 11.2. The molecule has 1 atom stereocenters. The highest BCUT2D eigenvalue weighted by atomic mass is 16.6. The molecule has 380 valence electrons. The lowest BCUT2D eigenvalue weighted by molar-refractivity contribution is -0.167. The van der Waals surface area contributed by atoms with Gasteiger partial charge in [0.15, 0.2) is 6.10 Å². The first-order valence-corrected chi connectivity index (χ1v) is 27.4. The zero-order valence-corrected chi connectivity index (χ0v) is 43.4. The van der Waals surface area contributed by atoms with Crippen molar-refractivity contribution in [2.45, 2.75) is 245 Å². The Morgan fingerprint density at radius 2 is 0.582 bits per heavy atom. The Hall–Kier alpha value is -3.93. The topological polar surface area (TPSA) is 78.9 Å². The summed E-state index contributed by atoms with van der Waals surface area (Å²) in [6.07, 6.45) is 73.6. The summed E-state index contributed by atoms with van der Waals surface area (Å²) in [5.41, 5.74) is 0. The predicted molar refractivity (Wildman–Crippen MR) is 288 cm³/mol. The number of carbonyl (C=O) groups excluding carboxylic acids is 3. The van der Waals surface area contributed by atoms with Crippen molar-refractivity contribution in [2.24, 2.45) is 0 Å². The molecule has 0 bridgehead atoms. The Morgan fingerprint density at radius 1 is 0.313 bits per heavy atom. The first-order valence-electron chi connectivity index (χ1n) is 27.4. The maximum Gasteiger partial charge on any atom is 0.306 e. The molecular formula is C61H100O6. The van der Waals surface area contributed by atoms with Gasteiger partial charge in [0.05, 0.1) is 0 Å². The van der Waals surface area contributed by atoms with Crippen molar-refractivity contribution in [3.63, 3.8) is 0 Å². The third-order valence-corrected chi connectivity index (χ3v) is 11.2. The van der Waals surface area contributed by atoms with E-state index in [0.717, 1.165) is 103 Å². The molecule has 0 unspecified atom stereocenters. The summed E-state index contributed by atoms with van der Waals surface area (Å²) in [5, 5.41) is 0. The molecule has 6 heteroatoms. The number of carbonyl (C=O) groups is 3. The highest BCUT2D eigenvalue weighted by molar-refractivity contribution is 5.71. The number of unbranched alkanes of at least 4 members (excludes halogenated alkanes) is 19. The van der Waals surface area contributed by atoms with Crippen LogP contribution in [0.2, 0.25) is 0 Å². The summed E-state index contributed by atoms with van der Waals surface area (Å²) >= 11 is 0. The Morgan fingerprint density at radius 3 is 1.00 bits per heavy atom. The molecule has 0 radical (unpaired) electrons. The van der Waals surface area contributed by atoms with Crippen molar-refractivity contribution >= 4 is 17.9 Å². The molecule has 0 rings (SSSR count). The molecule has 0 spiro atoms. The van der Waals surface area contributed by atoms with Crippen LogP contribution in [0.15, 0.2) is 109 Å². The van der Waals surface area contributed by atoms with Crippen LogP contribution in [0.3, 0.4) is 0 Å². The van der Waals surface area contributed by atoms with Crippen LogP contribution in [0.25, 0.3) is 0 Å². The molecule has 0 aromatic rings. The van der Waals surface area contributed by atoms with Crippen molar-refractivity contribution < 1.29 is 28.6 Å². The van der Waals surface area contributed by atoms with Gasteiger partial charge in [-0.05, 0) is 128 Å². The molecule has 67 heavy (non-hydrogen) atoms. The smallest absolute Gasteiger partial charge is 0.306 e. The van der Waals surface area contributed by atoms with Gasteiger partial charge in [0, 0.05) is 19.3 Å². The lowest BCUT2D eigenvalue weighted by atomic mass is 10.1. The molecule has 0 saturated carbocycles. The van der Waals surface area contributed by atoms with E-state index in [1.165, 1.54) is 89.9 Å². The predicted octanol–water partition coefficient (Wildman–Crippen LogP) is 18.3. The normalized spacial score (nSPS) is 12.9. The van der Waals surface area contributed by atoms with Gasteiger partial charge < -0.3 is 14.2 Å². The Balaban J connectivity index is 4.52. The number of ether oxygens (including phenoxy) is 3. The second-order valence-electron chi connectivity index (χ2n) is 17.7. The number of hydrogen-bond donors (Lipinski definition) is 0. The quantitative estimate of drug-likeness (QED) is 0.0262. The minimum absolute atomic E-state index is 0.108. The van der Waals surface area contributed by atoms with Crippen molar-refractivity contribution in [2.75, 3.05) is 13.2 Å². The van der Waals surface area contributed by atoms with Gasteiger partial charge in [-0.2, -0.15) is 0 Å². The summed E-state index contributed by atoms with van der Waals surface area (Å²) in [6, 6.07) is 0. The fourth-order valence-electron chi connectivity index (χ4n) is 7.12. The summed E-state index contributed by atoms with van der Waals surface area (Å²) in [4.78, 5) is 38.1. The average Bonchev–Trinajstić information content (AvgIpc) is 3.33. The Labute approximate surface area is 412 Å². The molecule has 0 aliphatic rings. The minimum atomic E-state index is -0.815. The van der Waals surface area contributed by atoms with Gasteiger partial charge in [-0.25, -0.2) is 0 Å². The lowest BCUT2D eigenvalue weighted by Crippen LogP contribution is -2.30. The van der Waals surface area contributed by atoms with E-state index in [4.69, 9.17) is 14.2 Å². The summed E-state index contributed by atoms with van der Waals surface area (Å²) in [7, 11) is 0. The summed E-state index contributed by atoms with van der Waals surface area (Å²) in [5.74, 6) is -0.987. The second kappa shape index (κ2) is 54.7. The van der Waals surface area contributed by atoms with Gasteiger partial charge in [-0.3, -0.25) is 14.4 Å². The van der Waals surface area contributed by atoms with Crippen LogP contribution in [-0.2, 0) is 28.6 Å². The van der Waals surface area contributed by atoms with E-state index >= 15 is 0 Å². The van der Waals surface area contributed by atoms with Crippen LogP contribution in [-0.4, -0.2) is 37.2 Å². The fraction of sp³-hybridized carbons (Fsp3) is 0.656. The third kappa shape index (κ3) is 52.9. The van der Waals surface area contributed by atoms with Gasteiger partial charge in [-0.1, -0.05) is 201 Å². The van der Waals surface area contributed by atoms with Crippen LogP contribution in [0, 0.1) is 0 Å². The van der Waals surface area contributed by atoms with Crippen molar-refractivity contribution in [1.29, 1.82) is 0 Å². The monoisotopic (exact) mass is 929 g/mol. The van der Waals surface area contributed by atoms with Crippen LogP contribution in [0.5, 0.6) is 0 Å². The van der Waals surface area contributed by atoms with Crippen LogP contribution >= 0.6 is 0 Å². The maximum absolute atomic E-state index is 12.8. The van der Waals surface area contributed by atoms with E-state index in [0.29, 0.717) is 19.3 Å². The first-order chi connectivity index (χ1) is 33.0. The van der Waals surface area contributed by atoms with E-state index in [9.17, 15) is 14.4 Å². The molecule has 0 fully saturated rings. The zero-order valence-electron chi connectivity index (χ0n) is 43.4. The molecule has 0 aliphatic heterocycles. The van der Waals surface area contributed by atoms with Gasteiger partial charge in [-0.15, -0.1) is 0 Å². The van der Waals surface area contributed by atoms with Gasteiger partial charge >= 0.3 is 17.9 Å². The standard InChI is InChI=1S/C61H100O6/c1-4-7-10-13-16-19-22-25-28-29-30-31-34-36-39-42-45-48-51-54-60(63)66-57-58(67-61(64)55-52-49-46-43-40-37-33-27-24-21-18-15-12-9-6-3)56-65-59(62)53-50-47-44-41-38-35-32-26-23-20-17-14-11-8-5-2/h7,10,16,18-21,23,25,27-28,30-31,33,36,39-40,43,58H,4-6,8-9,11-15,17,22,24,26,29,32,34-35,37-38,41-42,44-57H2,1-3H3/b10-7-,19-16-,21-18-,23-20-,28-25-,31-30-,33-27-,39-36-,43-40-/t58-/m0/s1. The largest absolute Gasteiger partial charge is 0.462 e. The van der Waals surface area contributed by atoms with Gasteiger partial charge in [0.1, 0.15) is 13.2 Å². The first kappa shape index (κ1) is 63.1. The van der Waals surface area contributed by atoms with Gasteiger partial charge in [0.2, 0.25) is 0 Å². The molecule has 0 aliphatic carbocycles. The molecule has 0 aromatic heterocycles. The average molecular weight is 929 g/mol. The van der Waals surface area contributed by atoms with Crippen LogP contribution in [0.4, 0.5) is 0 Å². The molecule has 0 heterocycles. The van der Waals surface area contributed by atoms with E-state index in [2.05, 4.69) is 130 Å². The van der Waals surface area contributed by atoms with E-state index in [1.807, 2.05) is 0 Å². The van der Waals surface area contributed by atoms with Gasteiger partial charge in [0.25, 0.3) is 0 Å². The second-order valence-corrected chi connectivity index (χ2v) is 17.7. The summed E-state index contributed by atoms with van der Waals surface area (Å²) in [6.45, 7) is 6.41. The van der Waals surface area contributed by atoms with E-state index < -0.39 is 6.10 Å². The zero-order chi connectivity index (χ0) is 48.6.